The molecule has 21 heavy (non-hydrogen) atoms. The van der Waals surface area contributed by atoms with Crippen LogP contribution in [-0.4, -0.2) is 8.42 Å². The molecule has 0 aromatic heterocycles. The first-order valence-electron chi connectivity index (χ1n) is 5.43. The van der Waals surface area contributed by atoms with Crippen molar-refractivity contribution in [1.82, 2.24) is 0 Å². The van der Waals surface area contributed by atoms with Crippen LogP contribution in [0.3, 0.4) is 0 Å². The van der Waals surface area contributed by atoms with Gasteiger partial charge in [0.2, 0.25) is 0 Å². The van der Waals surface area contributed by atoms with Crippen LogP contribution in [0.15, 0.2) is 35.2 Å². The molecule has 0 amide bonds. The summed E-state index contributed by atoms with van der Waals surface area (Å²) >= 11 is 5.69. The smallest absolute Gasteiger partial charge is 0.262 e. The number of rotatable bonds is 3. The topological polar surface area (TPSA) is 72.2 Å². The minimum absolute atomic E-state index is 0.0243. The first kappa shape index (κ1) is 15.5. The van der Waals surface area contributed by atoms with Crippen LogP contribution in [0.1, 0.15) is 0 Å². The van der Waals surface area contributed by atoms with Crippen molar-refractivity contribution in [2.24, 2.45) is 0 Å². The summed E-state index contributed by atoms with van der Waals surface area (Å²) in [6.45, 7) is 0. The lowest BCUT2D eigenvalue weighted by Crippen LogP contribution is -2.15. The summed E-state index contributed by atoms with van der Waals surface area (Å²) in [5.41, 5.74) is 4.75. The zero-order chi connectivity index (χ0) is 15.8. The van der Waals surface area contributed by atoms with Gasteiger partial charge in [0.05, 0.1) is 21.3 Å². The molecule has 0 aliphatic rings. The molecule has 0 radical (unpaired) electrons. The van der Waals surface area contributed by atoms with Crippen molar-refractivity contribution < 1.29 is 21.6 Å². The largest absolute Gasteiger partial charge is 0.398 e. The van der Waals surface area contributed by atoms with Crippen LogP contribution in [0.2, 0.25) is 5.02 Å². The molecule has 0 spiro atoms. The molecule has 2 aromatic rings. The molecular weight excluding hydrogens is 329 g/mol. The Hall–Kier alpha value is -1.93. The highest BCUT2D eigenvalue weighted by molar-refractivity contribution is 7.92. The molecule has 0 aliphatic carbocycles. The molecule has 0 saturated heterocycles. The van der Waals surface area contributed by atoms with Gasteiger partial charge in [0, 0.05) is 12.1 Å². The van der Waals surface area contributed by atoms with E-state index in [0.717, 1.165) is 12.1 Å². The number of nitrogen functional groups attached to an aromatic ring is 1. The van der Waals surface area contributed by atoms with Gasteiger partial charge >= 0.3 is 0 Å². The maximum Gasteiger partial charge on any atom is 0.262 e. The Morgan fingerprint density at radius 3 is 2.38 bits per heavy atom. The molecule has 0 atom stereocenters. The maximum absolute atomic E-state index is 13.5. The van der Waals surface area contributed by atoms with Crippen LogP contribution in [0.25, 0.3) is 0 Å². The molecule has 0 unspecified atom stereocenters. The summed E-state index contributed by atoms with van der Waals surface area (Å²) in [5.74, 6) is -4.15. The average molecular weight is 337 g/mol. The lowest BCUT2D eigenvalue weighted by Gasteiger charge is -2.10. The SMILES string of the molecule is Nc1ccc(S(=O)(=O)Nc2cc(F)cc(F)c2F)cc1Cl. The van der Waals surface area contributed by atoms with E-state index in [4.69, 9.17) is 17.3 Å². The van der Waals surface area contributed by atoms with Crippen LogP contribution in [0, 0.1) is 17.5 Å². The third-order valence-electron chi connectivity index (χ3n) is 2.52. The van der Waals surface area contributed by atoms with Crippen molar-refractivity contribution in [3.05, 3.63) is 52.8 Å². The van der Waals surface area contributed by atoms with E-state index in [1.165, 1.54) is 6.07 Å². The normalized spacial score (nSPS) is 11.4. The Bertz CT molecular complexity index is 812. The van der Waals surface area contributed by atoms with Gasteiger partial charge in [-0.15, -0.1) is 0 Å². The van der Waals surface area contributed by atoms with Gasteiger partial charge in [0.15, 0.2) is 11.6 Å². The molecule has 0 aliphatic heterocycles. The van der Waals surface area contributed by atoms with Gasteiger partial charge in [-0.2, -0.15) is 0 Å². The average Bonchev–Trinajstić information content (AvgIpc) is 2.38. The number of halogens is 4. The summed E-state index contributed by atoms with van der Waals surface area (Å²) in [4.78, 5) is -0.328. The molecule has 3 N–H and O–H groups in total. The van der Waals surface area contributed by atoms with Crippen LogP contribution in [0.5, 0.6) is 0 Å². The van der Waals surface area contributed by atoms with Gasteiger partial charge in [-0.1, -0.05) is 11.6 Å². The van der Waals surface area contributed by atoms with Gasteiger partial charge in [-0.25, -0.2) is 21.6 Å². The fourth-order valence-electron chi connectivity index (χ4n) is 1.51. The van der Waals surface area contributed by atoms with E-state index in [0.29, 0.717) is 12.1 Å². The molecular formula is C12H8ClF3N2O2S. The molecule has 112 valence electrons. The van der Waals surface area contributed by atoms with Crippen molar-refractivity contribution in [1.29, 1.82) is 0 Å². The summed E-state index contributed by atoms with van der Waals surface area (Å²) < 4.78 is 65.3. The van der Waals surface area contributed by atoms with Crippen LogP contribution in [-0.2, 0) is 10.0 Å². The Morgan fingerprint density at radius 2 is 1.76 bits per heavy atom. The minimum Gasteiger partial charge on any atom is -0.398 e. The van der Waals surface area contributed by atoms with E-state index in [2.05, 4.69) is 0 Å². The first-order chi connectivity index (χ1) is 9.70. The monoisotopic (exact) mass is 336 g/mol. The molecule has 2 aromatic carbocycles. The van der Waals surface area contributed by atoms with Gasteiger partial charge < -0.3 is 5.73 Å². The van der Waals surface area contributed by atoms with Gasteiger partial charge in [-0.3, -0.25) is 4.72 Å². The number of hydrogen-bond donors (Lipinski definition) is 2. The Morgan fingerprint density at radius 1 is 1.10 bits per heavy atom. The lowest BCUT2D eigenvalue weighted by molar-refractivity contribution is 0.498. The summed E-state index contributed by atoms with van der Waals surface area (Å²) in [7, 11) is -4.27. The van der Waals surface area contributed by atoms with Crippen LogP contribution >= 0.6 is 11.6 Å². The van der Waals surface area contributed by atoms with Crippen molar-refractivity contribution >= 4 is 33.0 Å². The van der Waals surface area contributed by atoms with Crippen LogP contribution in [0.4, 0.5) is 24.5 Å². The fourth-order valence-corrected chi connectivity index (χ4v) is 2.83. The predicted octanol–water partition coefficient (Wildman–Crippen LogP) is 3.14. The summed E-state index contributed by atoms with van der Waals surface area (Å²) in [5, 5.41) is -0.0243. The zero-order valence-electron chi connectivity index (χ0n) is 10.2. The standard InChI is InChI=1S/C12H8ClF3N2O2S/c13-8-5-7(1-2-10(8)17)21(19,20)18-11-4-6(14)3-9(15)12(11)16/h1-5,18H,17H2. The summed E-state index contributed by atoms with van der Waals surface area (Å²) in [6, 6.07) is 4.21. The second-order valence-electron chi connectivity index (χ2n) is 4.04. The molecule has 0 saturated carbocycles. The van der Waals surface area contributed by atoms with Crippen molar-refractivity contribution in [3.8, 4) is 0 Å². The van der Waals surface area contributed by atoms with Crippen molar-refractivity contribution in [2.45, 2.75) is 4.90 Å². The first-order valence-corrected chi connectivity index (χ1v) is 7.29. The second-order valence-corrected chi connectivity index (χ2v) is 6.13. The number of anilines is 2. The number of nitrogens with two attached hydrogens (primary N) is 1. The quantitative estimate of drug-likeness (QED) is 0.668. The minimum atomic E-state index is -4.27. The molecule has 2 rings (SSSR count). The Balaban J connectivity index is 2.44. The third-order valence-corrected chi connectivity index (χ3v) is 4.21. The number of sulfonamides is 1. The number of benzene rings is 2. The van der Waals surface area contributed by atoms with E-state index < -0.39 is 33.2 Å². The molecule has 0 heterocycles. The third kappa shape index (κ3) is 3.22. The molecule has 9 heteroatoms. The van der Waals surface area contributed by atoms with E-state index in [9.17, 15) is 21.6 Å². The molecule has 0 fully saturated rings. The summed E-state index contributed by atoms with van der Waals surface area (Å²) in [6.07, 6.45) is 0. The Kier molecular flexibility index (Phi) is 4.02. The highest BCUT2D eigenvalue weighted by Crippen LogP contribution is 2.26. The highest BCUT2D eigenvalue weighted by Gasteiger charge is 2.20. The lowest BCUT2D eigenvalue weighted by atomic mass is 10.3. The van der Waals surface area contributed by atoms with E-state index in [-0.39, 0.29) is 15.6 Å². The van der Waals surface area contributed by atoms with Gasteiger partial charge in [-0.05, 0) is 18.2 Å². The second kappa shape index (κ2) is 5.45. The predicted molar refractivity (Wildman–Crippen MR) is 73.0 cm³/mol. The van der Waals surface area contributed by atoms with E-state index >= 15 is 0 Å². The number of hydrogen-bond acceptors (Lipinski definition) is 3. The highest BCUT2D eigenvalue weighted by atomic mass is 35.5. The molecule has 4 nitrogen and oxygen atoms in total. The molecule has 0 bridgehead atoms. The Labute approximate surface area is 123 Å². The fraction of sp³-hybridized carbons (Fsp3) is 0. The van der Waals surface area contributed by atoms with Crippen LogP contribution < -0.4 is 10.5 Å². The van der Waals surface area contributed by atoms with Crippen molar-refractivity contribution in [2.75, 3.05) is 10.5 Å². The van der Waals surface area contributed by atoms with E-state index in [1.54, 1.807) is 4.72 Å². The van der Waals surface area contributed by atoms with Crippen molar-refractivity contribution in [3.63, 3.8) is 0 Å². The maximum atomic E-state index is 13.5. The zero-order valence-corrected chi connectivity index (χ0v) is 11.8. The number of nitrogens with one attached hydrogen (secondary N) is 1. The van der Waals surface area contributed by atoms with Gasteiger partial charge in [0.1, 0.15) is 5.82 Å². The van der Waals surface area contributed by atoms with E-state index in [1.807, 2.05) is 0 Å². The van der Waals surface area contributed by atoms with Gasteiger partial charge in [0.25, 0.3) is 10.0 Å².